The quantitative estimate of drug-likeness (QED) is 0.846. The van der Waals surface area contributed by atoms with E-state index in [-0.39, 0.29) is 11.8 Å². The molecule has 1 saturated carbocycles. The normalized spacial score (nSPS) is 23.4. The summed E-state index contributed by atoms with van der Waals surface area (Å²) in [5, 5.41) is 6.07. The van der Waals surface area contributed by atoms with Crippen LogP contribution in [-0.4, -0.2) is 24.0 Å². The molecule has 0 unspecified atom stereocenters. The first kappa shape index (κ1) is 12.8. The molecular formula is C14H19N3O. The van der Waals surface area contributed by atoms with Crippen LogP contribution in [0.1, 0.15) is 24.8 Å². The van der Waals surface area contributed by atoms with E-state index < -0.39 is 0 Å². The molecule has 0 bridgehead atoms. The lowest BCUT2D eigenvalue weighted by Crippen LogP contribution is -2.27. The van der Waals surface area contributed by atoms with Gasteiger partial charge in [-0.05, 0) is 44.0 Å². The molecule has 1 heterocycles. The average molecular weight is 245 g/mol. The van der Waals surface area contributed by atoms with Crippen molar-refractivity contribution in [3.8, 4) is 0 Å². The molecule has 0 aromatic carbocycles. The van der Waals surface area contributed by atoms with Gasteiger partial charge in [-0.1, -0.05) is 6.07 Å². The van der Waals surface area contributed by atoms with Gasteiger partial charge in [0.15, 0.2) is 0 Å². The van der Waals surface area contributed by atoms with Crippen LogP contribution in [-0.2, 0) is 4.79 Å². The fraction of sp³-hybridized carbons (Fsp3) is 0.429. The molecule has 0 spiro atoms. The van der Waals surface area contributed by atoms with Crippen LogP contribution in [0.5, 0.6) is 0 Å². The van der Waals surface area contributed by atoms with Crippen molar-refractivity contribution in [2.75, 3.05) is 7.05 Å². The molecular weight excluding hydrogens is 226 g/mol. The number of aromatic nitrogens is 1. The summed E-state index contributed by atoms with van der Waals surface area (Å²) in [6.45, 7) is 0. The lowest BCUT2D eigenvalue weighted by molar-refractivity contribution is -0.123. The van der Waals surface area contributed by atoms with E-state index in [9.17, 15) is 4.79 Å². The zero-order valence-electron chi connectivity index (χ0n) is 10.6. The fourth-order valence-corrected chi connectivity index (χ4v) is 2.29. The predicted molar refractivity (Wildman–Crippen MR) is 71.6 cm³/mol. The Morgan fingerprint density at radius 1 is 1.50 bits per heavy atom. The molecule has 18 heavy (non-hydrogen) atoms. The number of carbonyl (C=O) groups excluding carboxylic acids is 1. The molecule has 1 aromatic rings. The van der Waals surface area contributed by atoms with E-state index in [1.807, 2.05) is 25.3 Å². The first-order valence-electron chi connectivity index (χ1n) is 6.34. The van der Waals surface area contributed by atoms with Gasteiger partial charge in [-0.25, -0.2) is 0 Å². The highest BCUT2D eigenvalue weighted by Crippen LogP contribution is 2.25. The van der Waals surface area contributed by atoms with Crippen molar-refractivity contribution in [1.29, 1.82) is 0 Å². The second-order valence-corrected chi connectivity index (χ2v) is 4.62. The van der Waals surface area contributed by atoms with Gasteiger partial charge >= 0.3 is 0 Å². The lowest BCUT2D eigenvalue weighted by Gasteiger charge is -2.09. The number of rotatable bonds is 4. The monoisotopic (exact) mass is 245 g/mol. The molecule has 1 fully saturated rings. The molecule has 1 aliphatic rings. The minimum absolute atomic E-state index is 0.118. The van der Waals surface area contributed by atoms with Gasteiger partial charge in [-0.3, -0.25) is 9.78 Å². The maximum absolute atomic E-state index is 11.9. The fourth-order valence-electron chi connectivity index (χ4n) is 2.29. The van der Waals surface area contributed by atoms with E-state index in [1.165, 1.54) is 0 Å². The minimum atomic E-state index is 0.118. The molecule has 1 aromatic heterocycles. The Bertz CT molecular complexity index is 416. The van der Waals surface area contributed by atoms with Gasteiger partial charge in [-0.15, -0.1) is 0 Å². The van der Waals surface area contributed by atoms with E-state index in [2.05, 4.69) is 15.6 Å². The summed E-state index contributed by atoms with van der Waals surface area (Å²) in [6, 6.07) is 4.31. The van der Waals surface area contributed by atoms with Crippen molar-refractivity contribution < 1.29 is 4.79 Å². The highest BCUT2D eigenvalue weighted by Gasteiger charge is 2.28. The van der Waals surface area contributed by atoms with Crippen LogP contribution in [0.2, 0.25) is 0 Å². The van der Waals surface area contributed by atoms with Crippen LogP contribution in [0.15, 0.2) is 30.7 Å². The van der Waals surface area contributed by atoms with Gasteiger partial charge in [0.25, 0.3) is 0 Å². The Kier molecular flexibility index (Phi) is 4.47. The van der Waals surface area contributed by atoms with Crippen molar-refractivity contribution in [3.05, 3.63) is 36.3 Å². The Morgan fingerprint density at radius 2 is 2.39 bits per heavy atom. The summed E-state index contributed by atoms with van der Waals surface area (Å²) in [4.78, 5) is 15.9. The number of amides is 1. The molecule has 1 aliphatic carbocycles. The summed E-state index contributed by atoms with van der Waals surface area (Å²) in [5.41, 5.74) is 0.984. The van der Waals surface area contributed by atoms with Crippen LogP contribution >= 0.6 is 0 Å². The Hall–Kier alpha value is -1.68. The van der Waals surface area contributed by atoms with E-state index in [0.29, 0.717) is 6.04 Å². The highest BCUT2D eigenvalue weighted by molar-refractivity contribution is 5.80. The van der Waals surface area contributed by atoms with Crippen molar-refractivity contribution in [1.82, 2.24) is 15.6 Å². The van der Waals surface area contributed by atoms with Crippen molar-refractivity contribution in [3.63, 3.8) is 0 Å². The average Bonchev–Trinajstić information content (AvgIpc) is 2.89. The summed E-state index contributed by atoms with van der Waals surface area (Å²) in [5.74, 6) is 0.258. The topological polar surface area (TPSA) is 54.0 Å². The lowest BCUT2D eigenvalue weighted by atomic mass is 10.1. The van der Waals surface area contributed by atoms with Crippen LogP contribution in [0.3, 0.4) is 0 Å². The van der Waals surface area contributed by atoms with Crippen molar-refractivity contribution in [2.45, 2.75) is 25.3 Å². The van der Waals surface area contributed by atoms with Gasteiger partial charge in [-0.2, -0.15) is 0 Å². The van der Waals surface area contributed by atoms with Crippen LogP contribution < -0.4 is 10.6 Å². The zero-order chi connectivity index (χ0) is 12.8. The minimum Gasteiger partial charge on any atom is -0.332 e. The number of nitrogens with zero attached hydrogens (tertiary/aromatic N) is 1. The first-order chi connectivity index (χ1) is 8.79. The van der Waals surface area contributed by atoms with Crippen LogP contribution in [0, 0.1) is 5.92 Å². The van der Waals surface area contributed by atoms with Gasteiger partial charge in [0.2, 0.25) is 5.91 Å². The molecule has 4 nitrogen and oxygen atoms in total. The first-order valence-corrected chi connectivity index (χ1v) is 6.34. The molecule has 4 heteroatoms. The Morgan fingerprint density at radius 3 is 3.06 bits per heavy atom. The summed E-state index contributed by atoms with van der Waals surface area (Å²) < 4.78 is 0. The highest BCUT2D eigenvalue weighted by atomic mass is 16.1. The third kappa shape index (κ3) is 3.40. The molecule has 2 N–H and O–H groups in total. The SMILES string of the molecule is CN[C@H]1CC[C@@H](C(=O)N/C=C/c2cccnc2)C1. The number of nitrogens with one attached hydrogen (secondary N) is 2. The molecule has 0 aliphatic heterocycles. The largest absolute Gasteiger partial charge is 0.332 e. The molecule has 96 valence electrons. The number of hydrogen-bond acceptors (Lipinski definition) is 3. The predicted octanol–water partition coefficient (Wildman–Crippen LogP) is 1.56. The second-order valence-electron chi connectivity index (χ2n) is 4.62. The van der Waals surface area contributed by atoms with Crippen LogP contribution in [0.4, 0.5) is 0 Å². The maximum Gasteiger partial charge on any atom is 0.227 e. The molecule has 2 atom stereocenters. The summed E-state index contributed by atoms with van der Waals surface area (Å²) >= 11 is 0. The third-order valence-electron chi connectivity index (χ3n) is 3.40. The summed E-state index contributed by atoms with van der Waals surface area (Å²) in [6.07, 6.45) is 10.0. The number of carbonyl (C=O) groups is 1. The van der Waals surface area contributed by atoms with Crippen molar-refractivity contribution >= 4 is 12.0 Å². The van der Waals surface area contributed by atoms with Gasteiger partial charge in [0, 0.05) is 30.6 Å². The molecule has 0 saturated heterocycles. The number of hydrogen-bond donors (Lipinski definition) is 2. The summed E-state index contributed by atoms with van der Waals surface area (Å²) in [7, 11) is 1.95. The van der Waals surface area contributed by atoms with E-state index in [4.69, 9.17) is 0 Å². The Labute approximate surface area is 108 Å². The zero-order valence-corrected chi connectivity index (χ0v) is 10.6. The van der Waals surface area contributed by atoms with E-state index in [0.717, 1.165) is 24.8 Å². The number of pyridine rings is 1. The van der Waals surface area contributed by atoms with E-state index in [1.54, 1.807) is 18.6 Å². The Balaban J connectivity index is 1.80. The third-order valence-corrected chi connectivity index (χ3v) is 3.40. The van der Waals surface area contributed by atoms with Crippen molar-refractivity contribution in [2.24, 2.45) is 5.92 Å². The standard InChI is InChI=1S/C14H19N3O/c1-15-13-5-4-12(9-13)14(18)17-8-6-11-3-2-7-16-10-11/h2-3,6-8,10,12-13,15H,4-5,9H2,1H3,(H,17,18)/b8-6+/t12-,13+/m1/s1. The molecule has 0 radical (unpaired) electrons. The second kappa shape index (κ2) is 6.31. The van der Waals surface area contributed by atoms with Crippen LogP contribution in [0.25, 0.3) is 6.08 Å². The van der Waals surface area contributed by atoms with E-state index >= 15 is 0 Å². The van der Waals surface area contributed by atoms with Gasteiger partial charge in [0.1, 0.15) is 0 Å². The smallest absolute Gasteiger partial charge is 0.227 e. The van der Waals surface area contributed by atoms with Gasteiger partial charge in [0.05, 0.1) is 0 Å². The molecule has 1 amide bonds. The maximum atomic E-state index is 11.9. The van der Waals surface area contributed by atoms with Gasteiger partial charge < -0.3 is 10.6 Å². The molecule has 2 rings (SSSR count).